The highest BCUT2D eigenvalue weighted by Gasteiger charge is 2.30. The van der Waals surface area contributed by atoms with Crippen LogP contribution in [-0.4, -0.2) is 17.7 Å². The largest absolute Gasteiger partial charge is 0.467 e. The summed E-state index contributed by atoms with van der Waals surface area (Å²) in [6.45, 7) is 2.24. The molecular formula is C17H20N2O3. The summed E-state index contributed by atoms with van der Waals surface area (Å²) in [5.41, 5.74) is 2.47. The van der Waals surface area contributed by atoms with Crippen LogP contribution in [0.1, 0.15) is 36.0 Å². The van der Waals surface area contributed by atoms with E-state index in [1.165, 1.54) is 17.4 Å². The predicted molar refractivity (Wildman–Crippen MR) is 82.3 cm³/mol. The molecule has 0 saturated carbocycles. The van der Waals surface area contributed by atoms with Gasteiger partial charge in [-0.2, -0.15) is 0 Å². The van der Waals surface area contributed by atoms with Gasteiger partial charge in [-0.3, -0.25) is 0 Å². The predicted octanol–water partition coefficient (Wildman–Crippen LogP) is 2.55. The topological polar surface area (TPSA) is 74.5 Å². The SMILES string of the molecule is CC1Cc2ccccc2C1NC(=O)NCC(O)c1ccco1. The molecule has 1 aromatic carbocycles. The van der Waals surface area contributed by atoms with Crippen LogP contribution < -0.4 is 10.6 Å². The Labute approximate surface area is 129 Å². The summed E-state index contributed by atoms with van der Waals surface area (Å²) < 4.78 is 5.10. The first-order chi connectivity index (χ1) is 10.6. The van der Waals surface area contributed by atoms with Crippen LogP contribution >= 0.6 is 0 Å². The number of hydrogen-bond donors (Lipinski definition) is 3. The van der Waals surface area contributed by atoms with E-state index >= 15 is 0 Å². The van der Waals surface area contributed by atoms with Crippen LogP contribution in [0.25, 0.3) is 0 Å². The molecule has 3 N–H and O–H groups in total. The maximum absolute atomic E-state index is 12.1. The first-order valence-electron chi connectivity index (χ1n) is 7.49. The molecule has 2 aromatic rings. The van der Waals surface area contributed by atoms with Crippen LogP contribution in [0.4, 0.5) is 4.79 Å². The maximum Gasteiger partial charge on any atom is 0.315 e. The smallest absolute Gasteiger partial charge is 0.315 e. The minimum absolute atomic E-state index is 0.0111. The van der Waals surface area contributed by atoms with E-state index in [2.05, 4.69) is 29.7 Å². The lowest BCUT2D eigenvalue weighted by atomic mass is 10.0. The van der Waals surface area contributed by atoms with Crippen molar-refractivity contribution in [1.82, 2.24) is 10.6 Å². The zero-order valence-corrected chi connectivity index (χ0v) is 12.5. The summed E-state index contributed by atoms with van der Waals surface area (Å²) in [6.07, 6.45) is 1.63. The summed E-state index contributed by atoms with van der Waals surface area (Å²) in [6, 6.07) is 11.3. The number of benzene rings is 1. The highest BCUT2D eigenvalue weighted by atomic mass is 16.4. The third-order valence-electron chi connectivity index (χ3n) is 4.12. The molecule has 3 atom stereocenters. The van der Waals surface area contributed by atoms with Crippen molar-refractivity contribution < 1.29 is 14.3 Å². The molecule has 22 heavy (non-hydrogen) atoms. The van der Waals surface area contributed by atoms with Crippen LogP contribution in [-0.2, 0) is 6.42 Å². The standard InChI is InChI=1S/C17H20N2O3/c1-11-9-12-5-2-3-6-13(12)16(11)19-17(21)18-10-14(20)15-7-4-8-22-15/h2-8,11,14,16,20H,9-10H2,1H3,(H2,18,19,21). The van der Waals surface area contributed by atoms with Gasteiger partial charge < -0.3 is 20.2 Å². The quantitative estimate of drug-likeness (QED) is 0.812. The fourth-order valence-electron chi connectivity index (χ4n) is 2.98. The monoisotopic (exact) mass is 300 g/mol. The number of carbonyl (C=O) groups excluding carboxylic acids is 1. The number of furan rings is 1. The second kappa shape index (κ2) is 6.23. The molecule has 0 aliphatic heterocycles. The average Bonchev–Trinajstić information content (AvgIpc) is 3.14. The first-order valence-corrected chi connectivity index (χ1v) is 7.49. The van der Waals surface area contributed by atoms with Crippen molar-refractivity contribution in [1.29, 1.82) is 0 Å². The fraction of sp³-hybridized carbons (Fsp3) is 0.353. The molecule has 116 valence electrons. The lowest BCUT2D eigenvalue weighted by Gasteiger charge is -2.19. The Kier molecular flexibility index (Phi) is 4.15. The molecule has 1 aromatic heterocycles. The van der Waals surface area contributed by atoms with E-state index in [4.69, 9.17) is 4.42 Å². The van der Waals surface area contributed by atoms with Gasteiger partial charge in [-0.25, -0.2) is 4.79 Å². The number of carbonyl (C=O) groups is 1. The highest BCUT2D eigenvalue weighted by molar-refractivity contribution is 5.74. The lowest BCUT2D eigenvalue weighted by molar-refractivity contribution is 0.147. The number of aliphatic hydroxyl groups excluding tert-OH is 1. The molecular weight excluding hydrogens is 280 g/mol. The minimum atomic E-state index is -0.839. The molecule has 0 saturated heterocycles. The van der Waals surface area contributed by atoms with E-state index in [-0.39, 0.29) is 18.6 Å². The number of aliphatic hydroxyl groups is 1. The van der Waals surface area contributed by atoms with Crippen molar-refractivity contribution in [3.05, 3.63) is 59.5 Å². The van der Waals surface area contributed by atoms with Crippen LogP contribution in [0.2, 0.25) is 0 Å². The second-order valence-electron chi connectivity index (χ2n) is 5.74. The minimum Gasteiger partial charge on any atom is -0.467 e. The molecule has 5 heteroatoms. The number of urea groups is 1. The van der Waals surface area contributed by atoms with Gasteiger partial charge in [0.15, 0.2) is 0 Å². The normalized spacial score (nSPS) is 21.2. The van der Waals surface area contributed by atoms with Crippen LogP contribution in [0.3, 0.4) is 0 Å². The van der Waals surface area contributed by atoms with Crippen molar-refractivity contribution in [2.24, 2.45) is 5.92 Å². The Hall–Kier alpha value is -2.27. The van der Waals surface area contributed by atoms with Gasteiger partial charge >= 0.3 is 6.03 Å². The van der Waals surface area contributed by atoms with Crippen molar-refractivity contribution in [2.45, 2.75) is 25.5 Å². The summed E-state index contributed by atoms with van der Waals surface area (Å²) >= 11 is 0. The number of hydrogen-bond acceptors (Lipinski definition) is 3. The first kappa shape index (κ1) is 14.7. The summed E-state index contributed by atoms with van der Waals surface area (Å²) in [5, 5.41) is 15.6. The Morgan fingerprint density at radius 3 is 2.95 bits per heavy atom. The number of nitrogens with one attached hydrogen (secondary N) is 2. The van der Waals surface area contributed by atoms with E-state index in [0.717, 1.165) is 6.42 Å². The van der Waals surface area contributed by atoms with Crippen molar-refractivity contribution in [3.63, 3.8) is 0 Å². The van der Waals surface area contributed by atoms with E-state index < -0.39 is 6.10 Å². The third-order valence-corrected chi connectivity index (χ3v) is 4.12. The molecule has 3 rings (SSSR count). The number of amides is 2. The Balaban J connectivity index is 1.56. The number of fused-ring (bicyclic) bond motifs is 1. The van der Waals surface area contributed by atoms with Gasteiger partial charge in [-0.1, -0.05) is 31.2 Å². The molecule has 0 bridgehead atoms. The molecule has 5 nitrogen and oxygen atoms in total. The van der Waals surface area contributed by atoms with Gasteiger partial charge in [0.25, 0.3) is 0 Å². The van der Waals surface area contributed by atoms with Crippen LogP contribution in [0.5, 0.6) is 0 Å². The molecule has 1 aliphatic carbocycles. The maximum atomic E-state index is 12.1. The molecule has 0 fully saturated rings. The molecule has 1 heterocycles. The third kappa shape index (κ3) is 2.99. The van der Waals surface area contributed by atoms with Crippen LogP contribution in [0.15, 0.2) is 47.1 Å². The zero-order valence-electron chi connectivity index (χ0n) is 12.5. The summed E-state index contributed by atoms with van der Waals surface area (Å²) in [4.78, 5) is 12.1. The van der Waals surface area contributed by atoms with E-state index in [0.29, 0.717) is 11.7 Å². The molecule has 0 radical (unpaired) electrons. The average molecular weight is 300 g/mol. The van der Waals surface area contributed by atoms with Gasteiger partial charge in [0.05, 0.1) is 18.8 Å². The van der Waals surface area contributed by atoms with Gasteiger partial charge in [0.1, 0.15) is 11.9 Å². The number of rotatable bonds is 4. The molecule has 3 unspecified atom stereocenters. The summed E-state index contributed by atoms with van der Waals surface area (Å²) in [7, 11) is 0. The van der Waals surface area contributed by atoms with Crippen molar-refractivity contribution >= 4 is 6.03 Å². The van der Waals surface area contributed by atoms with E-state index in [1.807, 2.05) is 12.1 Å². The van der Waals surface area contributed by atoms with Gasteiger partial charge in [-0.15, -0.1) is 0 Å². The Bertz CT molecular complexity index is 639. The van der Waals surface area contributed by atoms with Gasteiger partial charge in [0, 0.05) is 0 Å². The van der Waals surface area contributed by atoms with Gasteiger partial charge in [-0.05, 0) is 35.6 Å². The molecule has 0 spiro atoms. The fourth-order valence-corrected chi connectivity index (χ4v) is 2.98. The van der Waals surface area contributed by atoms with E-state index in [1.54, 1.807) is 12.1 Å². The lowest BCUT2D eigenvalue weighted by Crippen LogP contribution is -2.40. The van der Waals surface area contributed by atoms with Crippen LogP contribution in [0, 0.1) is 5.92 Å². The van der Waals surface area contributed by atoms with E-state index in [9.17, 15) is 9.90 Å². The molecule has 1 aliphatic rings. The summed E-state index contributed by atoms with van der Waals surface area (Å²) in [5.74, 6) is 0.804. The van der Waals surface area contributed by atoms with Crippen molar-refractivity contribution in [2.75, 3.05) is 6.54 Å². The second-order valence-corrected chi connectivity index (χ2v) is 5.74. The Morgan fingerprint density at radius 2 is 2.18 bits per heavy atom. The molecule has 2 amide bonds. The zero-order chi connectivity index (χ0) is 15.5. The van der Waals surface area contributed by atoms with Gasteiger partial charge in [0.2, 0.25) is 0 Å². The van der Waals surface area contributed by atoms with Crippen molar-refractivity contribution in [3.8, 4) is 0 Å². The highest BCUT2D eigenvalue weighted by Crippen LogP contribution is 2.35. The Morgan fingerprint density at radius 1 is 1.36 bits per heavy atom.